The monoisotopic (exact) mass is 368 g/mol. The van der Waals surface area contributed by atoms with Crippen molar-refractivity contribution in [3.8, 4) is 5.69 Å². The van der Waals surface area contributed by atoms with Crippen molar-refractivity contribution in [2.75, 3.05) is 6.54 Å². The molecule has 0 spiro atoms. The fourth-order valence-electron chi connectivity index (χ4n) is 3.04. The van der Waals surface area contributed by atoms with Crippen molar-refractivity contribution in [2.24, 2.45) is 0 Å². The van der Waals surface area contributed by atoms with Gasteiger partial charge in [0.15, 0.2) is 5.82 Å². The summed E-state index contributed by atoms with van der Waals surface area (Å²) in [5, 5.41) is 8.22. The molecule has 0 saturated carbocycles. The van der Waals surface area contributed by atoms with Gasteiger partial charge in [0.25, 0.3) is 5.56 Å². The molecular weight excluding hydrogens is 354 g/mol. The molecule has 0 amide bonds. The van der Waals surface area contributed by atoms with Crippen molar-refractivity contribution < 1.29 is 4.39 Å². The SMILES string of the molecule is Cl.O=c1c2c(Cl)ccn2nc([C@@H]2CCCN2)n1-c1cccc(F)c1. The number of aromatic nitrogens is 3. The zero-order valence-corrected chi connectivity index (χ0v) is 14.1. The molecule has 0 radical (unpaired) electrons. The van der Waals surface area contributed by atoms with Gasteiger partial charge in [-0.15, -0.1) is 12.4 Å². The maximum Gasteiger partial charge on any atom is 0.284 e. The lowest BCUT2D eigenvalue weighted by Gasteiger charge is -2.17. The van der Waals surface area contributed by atoms with E-state index in [1.54, 1.807) is 24.4 Å². The topological polar surface area (TPSA) is 51.3 Å². The number of rotatable bonds is 2. The maximum atomic E-state index is 13.6. The third-order valence-corrected chi connectivity index (χ3v) is 4.41. The number of hydrogen-bond donors (Lipinski definition) is 1. The lowest BCUT2D eigenvalue weighted by atomic mass is 10.2. The second kappa shape index (κ2) is 6.55. The lowest BCUT2D eigenvalue weighted by Crippen LogP contribution is -2.30. The van der Waals surface area contributed by atoms with Crippen LogP contribution >= 0.6 is 24.0 Å². The van der Waals surface area contributed by atoms with E-state index in [9.17, 15) is 9.18 Å². The van der Waals surface area contributed by atoms with Crippen LogP contribution in [0.2, 0.25) is 5.02 Å². The van der Waals surface area contributed by atoms with Crippen molar-refractivity contribution in [2.45, 2.75) is 18.9 Å². The molecule has 1 aromatic carbocycles. The molecule has 4 rings (SSSR count). The minimum absolute atomic E-state index is 0. The Bertz CT molecular complexity index is 947. The van der Waals surface area contributed by atoms with Gasteiger partial charge in [-0.05, 0) is 43.7 Å². The zero-order chi connectivity index (χ0) is 16.0. The van der Waals surface area contributed by atoms with Gasteiger partial charge in [0.1, 0.15) is 11.3 Å². The Morgan fingerprint density at radius 3 is 2.88 bits per heavy atom. The van der Waals surface area contributed by atoms with Crippen molar-refractivity contribution in [1.29, 1.82) is 0 Å². The number of nitrogens with one attached hydrogen (secondary N) is 1. The minimum Gasteiger partial charge on any atom is -0.307 e. The van der Waals surface area contributed by atoms with E-state index in [1.807, 2.05) is 0 Å². The first-order valence-corrected chi connectivity index (χ1v) is 7.82. The van der Waals surface area contributed by atoms with E-state index in [2.05, 4.69) is 10.4 Å². The van der Waals surface area contributed by atoms with E-state index in [0.717, 1.165) is 19.4 Å². The molecule has 1 N–H and O–H groups in total. The van der Waals surface area contributed by atoms with Gasteiger partial charge < -0.3 is 5.32 Å². The van der Waals surface area contributed by atoms with Gasteiger partial charge in [0, 0.05) is 6.20 Å². The van der Waals surface area contributed by atoms with Gasteiger partial charge >= 0.3 is 0 Å². The van der Waals surface area contributed by atoms with E-state index in [4.69, 9.17) is 11.6 Å². The lowest BCUT2D eigenvalue weighted by molar-refractivity contribution is 0.558. The Morgan fingerprint density at radius 1 is 1.33 bits per heavy atom. The summed E-state index contributed by atoms with van der Waals surface area (Å²) in [5.74, 6) is 0.166. The van der Waals surface area contributed by atoms with E-state index >= 15 is 0 Å². The van der Waals surface area contributed by atoms with Gasteiger partial charge in [-0.2, -0.15) is 5.10 Å². The van der Waals surface area contributed by atoms with Crippen LogP contribution in [0.15, 0.2) is 41.3 Å². The molecule has 1 aliphatic heterocycles. The number of halogens is 3. The molecule has 8 heteroatoms. The highest BCUT2D eigenvalue weighted by Crippen LogP contribution is 2.24. The number of benzene rings is 1. The first-order chi connectivity index (χ1) is 11.1. The van der Waals surface area contributed by atoms with E-state index in [1.165, 1.54) is 21.2 Å². The predicted molar refractivity (Wildman–Crippen MR) is 93.0 cm³/mol. The summed E-state index contributed by atoms with van der Waals surface area (Å²) in [5.41, 5.74) is 0.438. The van der Waals surface area contributed by atoms with Crippen LogP contribution < -0.4 is 10.9 Å². The maximum absolute atomic E-state index is 13.6. The fourth-order valence-corrected chi connectivity index (χ4v) is 3.27. The number of nitrogens with zero attached hydrogens (tertiary/aromatic N) is 3. The smallest absolute Gasteiger partial charge is 0.284 e. The summed E-state index contributed by atoms with van der Waals surface area (Å²) in [4.78, 5) is 13.0. The van der Waals surface area contributed by atoms with Crippen LogP contribution in [0, 0.1) is 5.82 Å². The summed E-state index contributed by atoms with van der Waals surface area (Å²) in [6.07, 6.45) is 3.55. The Kier molecular flexibility index (Phi) is 4.62. The molecule has 2 aromatic heterocycles. The Balaban J connectivity index is 0.00000169. The third-order valence-electron chi connectivity index (χ3n) is 4.10. The number of hydrogen-bond acceptors (Lipinski definition) is 3. The molecule has 3 aromatic rings. The van der Waals surface area contributed by atoms with E-state index in [0.29, 0.717) is 16.5 Å². The molecule has 1 saturated heterocycles. The Morgan fingerprint density at radius 2 is 2.17 bits per heavy atom. The van der Waals surface area contributed by atoms with Crippen LogP contribution in [0.5, 0.6) is 0 Å². The molecule has 24 heavy (non-hydrogen) atoms. The molecule has 126 valence electrons. The van der Waals surface area contributed by atoms with Crippen molar-refractivity contribution >= 4 is 29.5 Å². The van der Waals surface area contributed by atoms with Gasteiger partial charge in [-0.25, -0.2) is 8.91 Å². The minimum atomic E-state index is -0.402. The summed E-state index contributed by atoms with van der Waals surface area (Å²) >= 11 is 6.12. The van der Waals surface area contributed by atoms with Crippen LogP contribution in [0.3, 0.4) is 0 Å². The first kappa shape index (κ1) is 17.0. The van der Waals surface area contributed by atoms with Crippen molar-refractivity contribution in [1.82, 2.24) is 19.5 Å². The van der Waals surface area contributed by atoms with Crippen LogP contribution in [0.1, 0.15) is 24.7 Å². The molecule has 0 bridgehead atoms. The Hall–Kier alpha value is -1.89. The molecule has 5 nitrogen and oxygen atoms in total. The van der Waals surface area contributed by atoms with Gasteiger partial charge in [0.2, 0.25) is 0 Å². The zero-order valence-electron chi connectivity index (χ0n) is 12.6. The standard InChI is InChI=1S/C16H14ClFN4O.ClH/c17-12-6-8-21-14(12)16(23)22(11-4-1-3-10(18)9-11)15(20-21)13-5-2-7-19-13;/h1,3-4,6,8-9,13,19H,2,5,7H2;1H/t13-;/m0./s1. The quantitative estimate of drug-likeness (QED) is 0.755. The second-order valence-electron chi connectivity index (χ2n) is 5.58. The summed E-state index contributed by atoms with van der Waals surface area (Å²) in [6, 6.07) is 7.53. The van der Waals surface area contributed by atoms with Crippen LogP contribution in [0.4, 0.5) is 4.39 Å². The normalized spacial score (nSPS) is 17.2. The first-order valence-electron chi connectivity index (χ1n) is 7.44. The summed E-state index contributed by atoms with van der Waals surface area (Å²) < 4.78 is 16.6. The van der Waals surface area contributed by atoms with Gasteiger partial charge in [0.05, 0.1) is 16.8 Å². The van der Waals surface area contributed by atoms with E-state index in [-0.39, 0.29) is 29.5 Å². The van der Waals surface area contributed by atoms with Crippen molar-refractivity contribution in [3.63, 3.8) is 0 Å². The second-order valence-corrected chi connectivity index (χ2v) is 5.99. The Labute approximate surface area is 148 Å². The highest BCUT2D eigenvalue weighted by molar-refractivity contribution is 6.33. The molecule has 0 unspecified atom stereocenters. The largest absolute Gasteiger partial charge is 0.307 e. The molecule has 0 aliphatic carbocycles. The third kappa shape index (κ3) is 2.70. The van der Waals surface area contributed by atoms with Gasteiger partial charge in [-0.1, -0.05) is 17.7 Å². The van der Waals surface area contributed by atoms with Crippen LogP contribution in [-0.4, -0.2) is 20.7 Å². The summed E-state index contributed by atoms with van der Waals surface area (Å²) in [7, 11) is 0. The summed E-state index contributed by atoms with van der Waals surface area (Å²) in [6.45, 7) is 0.869. The molecule has 1 atom stereocenters. The molecule has 3 heterocycles. The van der Waals surface area contributed by atoms with Crippen LogP contribution in [-0.2, 0) is 0 Å². The number of fused-ring (bicyclic) bond motifs is 1. The van der Waals surface area contributed by atoms with Gasteiger partial charge in [-0.3, -0.25) is 9.36 Å². The average molecular weight is 369 g/mol. The van der Waals surface area contributed by atoms with Crippen LogP contribution in [0.25, 0.3) is 11.2 Å². The van der Waals surface area contributed by atoms with Crippen molar-refractivity contribution in [3.05, 3.63) is 63.5 Å². The van der Waals surface area contributed by atoms with E-state index < -0.39 is 5.82 Å². The average Bonchev–Trinajstić information content (AvgIpc) is 3.17. The molecule has 1 aliphatic rings. The highest BCUT2D eigenvalue weighted by atomic mass is 35.5. The highest BCUT2D eigenvalue weighted by Gasteiger charge is 2.25. The predicted octanol–water partition coefficient (Wildman–Crippen LogP) is 3.12. The fraction of sp³-hybridized carbons (Fsp3) is 0.250. The molecular formula is C16H15Cl2FN4O. The molecule has 1 fully saturated rings.